The molecule has 0 amide bonds. The second kappa shape index (κ2) is 8.05. The average Bonchev–Trinajstić information content (AvgIpc) is 2.73. The Hall–Kier alpha value is -3.13. The number of amidine groups is 1. The number of ether oxygens (including phenoxy) is 1. The van der Waals surface area contributed by atoms with Crippen molar-refractivity contribution in [1.29, 1.82) is 0 Å². The number of hydrogen-bond donors (Lipinski definition) is 1. The zero-order valence-electron chi connectivity index (χ0n) is 15.2. The number of methoxy groups -OCH3 is 1. The number of rotatable bonds is 5. The van der Waals surface area contributed by atoms with Crippen molar-refractivity contribution in [2.45, 2.75) is 5.03 Å². The van der Waals surface area contributed by atoms with E-state index in [1.807, 2.05) is 41.2 Å². The molecule has 0 spiro atoms. The van der Waals surface area contributed by atoms with Crippen LogP contribution in [0.2, 0.25) is 0 Å². The molecule has 27 heavy (non-hydrogen) atoms. The molecule has 0 radical (unpaired) electrons. The molecule has 138 valence electrons. The van der Waals surface area contributed by atoms with Crippen molar-refractivity contribution in [1.82, 2.24) is 14.5 Å². The quantitative estimate of drug-likeness (QED) is 0.315. The van der Waals surface area contributed by atoms with Gasteiger partial charge in [0.2, 0.25) is 0 Å². The molecule has 0 saturated carbocycles. The van der Waals surface area contributed by atoms with E-state index in [1.165, 1.54) is 11.8 Å². The van der Waals surface area contributed by atoms with E-state index in [-0.39, 0.29) is 11.4 Å². The predicted molar refractivity (Wildman–Crippen MR) is 108 cm³/mol. The SMILES string of the molecule is CN=C(N)c1c(SC)n(-c2ccc(OC)cc2)c(-c2cccnc2)nc1=O. The van der Waals surface area contributed by atoms with Crippen molar-refractivity contribution < 1.29 is 4.74 Å². The number of benzene rings is 1. The van der Waals surface area contributed by atoms with Gasteiger partial charge in [-0.25, -0.2) is 0 Å². The molecular weight excluding hydrogens is 362 g/mol. The number of aromatic nitrogens is 3. The second-order valence-corrected chi connectivity index (χ2v) is 6.30. The van der Waals surface area contributed by atoms with E-state index in [0.717, 1.165) is 17.0 Å². The molecule has 7 nitrogen and oxygen atoms in total. The summed E-state index contributed by atoms with van der Waals surface area (Å²) < 4.78 is 7.13. The van der Waals surface area contributed by atoms with Gasteiger partial charge in [-0.15, -0.1) is 11.8 Å². The number of nitrogens with two attached hydrogens (primary N) is 1. The molecule has 0 bridgehead atoms. The van der Waals surface area contributed by atoms with Crippen LogP contribution in [0.1, 0.15) is 5.56 Å². The summed E-state index contributed by atoms with van der Waals surface area (Å²) in [5.74, 6) is 1.36. The molecule has 1 aromatic carbocycles. The Bertz CT molecular complexity index is 1030. The molecule has 2 aromatic heterocycles. The van der Waals surface area contributed by atoms with Gasteiger partial charge in [-0.3, -0.25) is 19.3 Å². The van der Waals surface area contributed by atoms with Gasteiger partial charge in [0.05, 0.1) is 12.1 Å². The third kappa shape index (κ3) is 3.56. The molecule has 0 aliphatic rings. The highest BCUT2D eigenvalue weighted by molar-refractivity contribution is 7.98. The molecule has 2 heterocycles. The fraction of sp³-hybridized carbons (Fsp3) is 0.158. The highest BCUT2D eigenvalue weighted by atomic mass is 32.2. The zero-order valence-corrected chi connectivity index (χ0v) is 16.0. The van der Waals surface area contributed by atoms with Crippen molar-refractivity contribution >= 4 is 17.6 Å². The summed E-state index contributed by atoms with van der Waals surface area (Å²) in [4.78, 5) is 25.2. The standard InChI is InChI=1S/C19H19N5O2S/c1-21-16(20)15-18(25)23-17(12-5-4-10-22-11-12)24(19(15)27-3)13-6-8-14(26-2)9-7-13/h4-11H,1-3H3,(H2,20,21). The first-order chi connectivity index (χ1) is 13.1. The van der Waals surface area contributed by atoms with Gasteiger partial charge < -0.3 is 10.5 Å². The van der Waals surface area contributed by atoms with Crippen molar-refractivity contribution in [3.8, 4) is 22.8 Å². The highest BCUT2D eigenvalue weighted by Gasteiger charge is 2.21. The van der Waals surface area contributed by atoms with Crippen LogP contribution in [0.4, 0.5) is 0 Å². The topological polar surface area (TPSA) is 95.4 Å². The molecule has 0 unspecified atom stereocenters. The molecular formula is C19H19N5O2S. The lowest BCUT2D eigenvalue weighted by molar-refractivity contribution is 0.414. The van der Waals surface area contributed by atoms with E-state index in [2.05, 4.69) is 15.0 Å². The molecule has 0 aliphatic heterocycles. The molecule has 0 saturated heterocycles. The third-order valence-electron chi connectivity index (χ3n) is 3.99. The Labute approximate surface area is 161 Å². The van der Waals surface area contributed by atoms with Crippen molar-refractivity contribution in [3.05, 3.63) is 64.7 Å². The maximum Gasteiger partial charge on any atom is 0.285 e. The first-order valence-corrected chi connectivity index (χ1v) is 9.31. The smallest absolute Gasteiger partial charge is 0.285 e. The number of nitrogens with zero attached hydrogens (tertiary/aromatic N) is 4. The highest BCUT2D eigenvalue weighted by Crippen LogP contribution is 2.29. The third-order valence-corrected chi connectivity index (χ3v) is 4.76. The lowest BCUT2D eigenvalue weighted by Crippen LogP contribution is -2.29. The van der Waals surface area contributed by atoms with E-state index in [1.54, 1.807) is 32.6 Å². The Morgan fingerprint density at radius 2 is 2.00 bits per heavy atom. The van der Waals surface area contributed by atoms with Crippen LogP contribution in [-0.4, -0.2) is 40.8 Å². The van der Waals surface area contributed by atoms with Gasteiger partial charge in [0.25, 0.3) is 5.56 Å². The minimum Gasteiger partial charge on any atom is -0.497 e. The summed E-state index contributed by atoms with van der Waals surface area (Å²) >= 11 is 1.40. The monoisotopic (exact) mass is 381 g/mol. The molecule has 2 N–H and O–H groups in total. The second-order valence-electron chi connectivity index (χ2n) is 5.51. The summed E-state index contributed by atoms with van der Waals surface area (Å²) in [5.41, 5.74) is 7.40. The summed E-state index contributed by atoms with van der Waals surface area (Å²) in [5, 5.41) is 0.655. The minimum atomic E-state index is -0.425. The normalized spacial score (nSPS) is 11.4. The maximum atomic E-state index is 12.7. The van der Waals surface area contributed by atoms with E-state index in [9.17, 15) is 4.79 Å². The van der Waals surface area contributed by atoms with Crippen molar-refractivity contribution in [2.75, 3.05) is 20.4 Å². The van der Waals surface area contributed by atoms with E-state index in [0.29, 0.717) is 10.9 Å². The summed E-state index contributed by atoms with van der Waals surface area (Å²) in [6.45, 7) is 0. The van der Waals surface area contributed by atoms with Crippen LogP contribution in [0, 0.1) is 0 Å². The van der Waals surface area contributed by atoms with Crippen LogP contribution >= 0.6 is 11.8 Å². The Morgan fingerprint density at radius 1 is 1.26 bits per heavy atom. The Balaban J connectivity index is 2.40. The number of hydrogen-bond acceptors (Lipinski definition) is 6. The van der Waals surface area contributed by atoms with Crippen LogP contribution in [0.25, 0.3) is 17.1 Å². The predicted octanol–water partition coefficient (Wildman–Crippen LogP) is 2.36. The lowest BCUT2D eigenvalue weighted by Gasteiger charge is -2.19. The summed E-state index contributed by atoms with van der Waals surface area (Å²) in [6.07, 6.45) is 5.22. The average molecular weight is 381 g/mol. The number of thioether (sulfide) groups is 1. The molecule has 0 atom stereocenters. The van der Waals surface area contributed by atoms with E-state index >= 15 is 0 Å². The van der Waals surface area contributed by atoms with Gasteiger partial charge >= 0.3 is 0 Å². The molecule has 8 heteroatoms. The first-order valence-electron chi connectivity index (χ1n) is 8.09. The summed E-state index contributed by atoms with van der Waals surface area (Å²) in [7, 11) is 3.16. The Kier molecular flexibility index (Phi) is 5.56. The molecule has 3 rings (SSSR count). The minimum absolute atomic E-state index is 0.150. The van der Waals surface area contributed by atoms with Crippen LogP contribution in [0.3, 0.4) is 0 Å². The number of aliphatic imine (C=N–C) groups is 1. The first kappa shape index (κ1) is 18.7. The molecule has 3 aromatic rings. The maximum absolute atomic E-state index is 12.7. The fourth-order valence-electron chi connectivity index (χ4n) is 2.69. The van der Waals surface area contributed by atoms with Gasteiger partial charge in [0.15, 0.2) is 5.82 Å². The van der Waals surface area contributed by atoms with Gasteiger partial charge in [0.1, 0.15) is 17.1 Å². The van der Waals surface area contributed by atoms with Gasteiger partial charge in [-0.1, -0.05) is 0 Å². The zero-order chi connectivity index (χ0) is 19.4. The van der Waals surface area contributed by atoms with Crippen LogP contribution in [0.5, 0.6) is 5.75 Å². The van der Waals surface area contributed by atoms with Gasteiger partial charge in [-0.05, 0) is 42.7 Å². The summed E-state index contributed by atoms with van der Waals surface area (Å²) in [6, 6.07) is 11.1. The largest absolute Gasteiger partial charge is 0.497 e. The fourth-order valence-corrected chi connectivity index (χ4v) is 3.46. The van der Waals surface area contributed by atoms with Crippen molar-refractivity contribution in [3.63, 3.8) is 0 Å². The molecule has 0 fully saturated rings. The van der Waals surface area contributed by atoms with Crippen LogP contribution < -0.4 is 16.0 Å². The van der Waals surface area contributed by atoms with E-state index < -0.39 is 5.56 Å². The number of pyridine rings is 1. The van der Waals surface area contributed by atoms with Crippen molar-refractivity contribution in [2.24, 2.45) is 10.7 Å². The van der Waals surface area contributed by atoms with Crippen LogP contribution in [-0.2, 0) is 0 Å². The van der Waals surface area contributed by atoms with Crippen LogP contribution in [0.15, 0.2) is 63.6 Å². The molecule has 0 aliphatic carbocycles. The Morgan fingerprint density at radius 3 is 2.56 bits per heavy atom. The van der Waals surface area contributed by atoms with E-state index in [4.69, 9.17) is 10.5 Å². The van der Waals surface area contributed by atoms with Gasteiger partial charge in [-0.2, -0.15) is 4.98 Å². The van der Waals surface area contributed by atoms with Gasteiger partial charge in [0, 0.05) is 30.7 Å². The lowest BCUT2D eigenvalue weighted by atomic mass is 10.2.